The van der Waals surface area contributed by atoms with Crippen LogP contribution in [0, 0.1) is 5.92 Å². The van der Waals surface area contributed by atoms with Crippen molar-refractivity contribution in [1.29, 1.82) is 0 Å². The van der Waals surface area contributed by atoms with Gasteiger partial charge in [0.25, 0.3) is 0 Å². The fraction of sp³-hybridized carbons (Fsp3) is 0.429. The van der Waals surface area contributed by atoms with Crippen molar-refractivity contribution in [3.63, 3.8) is 0 Å². The van der Waals surface area contributed by atoms with Gasteiger partial charge in [0.15, 0.2) is 0 Å². The van der Waals surface area contributed by atoms with Crippen molar-refractivity contribution < 1.29 is 0 Å². The summed E-state index contributed by atoms with van der Waals surface area (Å²) in [4.78, 5) is 0. The minimum absolute atomic E-state index is 0.730. The topological polar surface area (TPSA) is 0 Å². The molecule has 76 valence electrons. The first kappa shape index (κ1) is 11.0. The molecule has 0 aliphatic heterocycles. The Bertz CT molecular complexity index is 285. The standard InChI is InChI=1S/C14H20/c1-4-13-9-7-5-6-8-10-14(13)11-12(2)3/h5-10,12H,4,11H2,1-3H3. The molecule has 0 atom stereocenters. The van der Waals surface area contributed by atoms with Gasteiger partial charge in [-0.2, -0.15) is 0 Å². The summed E-state index contributed by atoms with van der Waals surface area (Å²) < 4.78 is 0. The van der Waals surface area contributed by atoms with E-state index in [1.54, 1.807) is 0 Å². The molecule has 0 aromatic rings. The lowest BCUT2D eigenvalue weighted by Gasteiger charge is -2.11. The molecule has 0 bridgehead atoms. The quantitative estimate of drug-likeness (QED) is 0.615. The fourth-order valence-corrected chi connectivity index (χ4v) is 1.67. The number of allylic oxidation sites excluding steroid dienone is 8. The summed E-state index contributed by atoms with van der Waals surface area (Å²) in [5.41, 5.74) is 2.96. The molecule has 0 heteroatoms. The van der Waals surface area contributed by atoms with Gasteiger partial charge in [-0.1, -0.05) is 57.2 Å². The summed E-state index contributed by atoms with van der Waals surface area (Å²) in [6, 6.07) is 0. The summed E-state index contributed by atoms with van der Waals surface area (Å²) in [6.45, 7) is 6.76. The van der Waals surface area contributed by atoms with Gasteiger partial charge in [0.05, 0.1) is 0 Å². The Labute approximate surface area is 87.7 Å². The van der Waals surface area contributed by atoms with Crippen molar-refractivity contribution in [1.82, 2.24) is 0 Å². The molecule has 0 saturated heterocycles. The SMILES string of the molecule is CCC1=C(CC(C)C)C=CC=CC=C1. The maximum atomic E-state index is 2.27. The minimum atomic E-state index is 0.730. The smallest absolute Gasteiger partial charge is 0.0253 e. The van der Waals surface area contributed by atoms with Gasteiger partial charge in [-0.25, -0.2) is 0 Å². The molecule has 0 aromatic heterocycles. The van der Waals surface area contributed by atoms with E-state index in [0.29, 0.717) is 0 Å². The van der Waals surface area contributed by atoms with E-state index in [1.807, 2.05) is 0 Å². The van der Waals surface area contributed by atoms with E-state index in [9.17, 15) is 0 Å². The molecule has 0 heterocycles. The van der Waals surface area contributed by atoms with Gasteiger partial charge in [-0.15, -0.1) is 0 Å². The van der Waals surface area contributed by atoms with Crippen LogP contribution in [0.4, 0.5) is 0 Å². The average molecular weight is 188 g/mol. The Morgan fingerprint density at radius 1 is 0.929 bits per heavy atom. The summed E-state index contributed by atoms with van der Waals surface area (Å²) in [5, 5.41) is 0. The van der Waals surface area contributed by atoms with Crippen LogP contribution >= 0.6 is 0 Å². The first-order valence-corrected chi connectivity index (χ1v) is 5.47. The van der Waals surface area contributed by atoms with E-state index < -0.39 is 0 Å². The second-order valence-electron chi connectivity index (χ2n) is 4.11. The summed E-state index contributed by atoms with van der Waals surface area (Å²) in [6.07, 6.45) is 15.2. The van der Waals surface area contributed by atoms with Crippen LogP contribution in [0.2, 0.25) is 0 Å². The third-order valence-electron chi connectivity index (χ3n) is 2.35. The molecule has 0 radical (unpaired) electrons. The minimum Gasteiger partial charge on any atom is -0.0625 e. The first-order chi connectivity index (χ1) is 6.74. The summed E-state index contributed by atoms with van der Waals surface area (Å²) >= 11 is 0. The van der Waals surface area contributed by atoms with Crippen LogP contribution in [-0.4, -0.2) is 0 Å². The highest BCUT2D eigenvalue weighted by molar-refractivity contribution is 5.38. The largest absolute Gasteiger partial charge is 0.0625 e. The van der Waals surface area contributed by atoms with E-state index in [1.165, 1.54) is 17.6 Å². The van der Waals surface area contributed by atoms with E-state index >= 15 is 0 Å². The van der Waals surface area contributed by atoms with Gasteiger partial charge in [0.2, 0.25) is 0 Å². The lowest BCUT2D eigenvalue weighted by Crippen LogP contribution is -1.93. The number of hydrogen-bond donors (Lipinski definition) is 0. The Kier molecular flexibility index (Phi) is 4.45. The molecular formula is C14H20. The van der Waals surface area contributed by atoms with Crippen molar-refractivity contribution in [2.45, 2.75) is 33.6 Å². The van der Waals surface area contributed by atoms with Crippen LogP contribution in [0.15, 0.2) is 47.6 Å². The number of hydrogen-bond acceptors (Lipinski definition) is 0. The first-order valence-electron chi connectivity index (χ1n) is 5.47. The monoisotopic (exact) mass is 188 g/mol. The van der Waals surface area contributed by atoms with Crippen LogP contribution in [0.1, 0.15) is 33.6 Å². The van der Waals surface area contributed by atoms with Crippen LogP contribution in [0.5, 0.6) is 0 Å². The van der Waals surface area contributed by atoms with Gasteiger partial charge in [-0.3, -0.25) is 0 Å². The molecule has 0 amide bonds. The van der Waals surface area contributed by atoms with Gasteiger partial charge < -0.3 is 0 Å². The zero-order valence-corrected chi connectivity index (χ0v) is 9.46. The van der Waals surface area contributed by atoms with Gasteiger partial charge in [0.1, 0.15) is 0 Å². The third-order valence-corrected chi connectivity index (χ3v) is 2.35. The predicted molar refractivity (Wildman–Crippen MR) is 64.2 cm³/mol. The van der Waals surface area contributed by atoms with Crippen molar-refractivity contribution in [2.24, 2.45) is 5.92 Å². The Balaban J connectivity index is 2.90. The predicted octanol–water partition coefficient (Wildman–Crippen LogP) is 4.42. The van der Waals surface area contributed by atoms with E-state index in [2.05, 4.69) is 57.2 Å². The average Bonchev–Trinajstić information content (AvgIpc) is 2.10. The molecular weight excluding hydrogens is 168 g/mol. The molecule has 0 aromatic carbocycles. The van der Waals surface area contributed by atoms with Crippen molar-refractivity contribution in [3.8, 4) is 0 Å². The van der Waals surface area contributed by atoms with Gasteiger partial charge in [0, 0.05) is 0 Å². The van der Waals surface area contributed by atoms with Crippen molar-refractivity contribution in [2.75, 3.05) is 0 Å². The lowest BCUT2D eigenvalue weighted by molar-refractivity contribution is 0.646. The highest BCUT2D eigenvalue weighted by Crippen LogP contribution is 2.20. The molecule has 0 fully saturated rings. The van der Waals surface area contributed by atoms with Crippen LogP contribution in [0.3, 0.4) is 0 Å². The van der Waals surface area contributed by atoms with E-state index in [0.717, 1.165) is 12.3 Å². The molecule has 1 aliphatic rings. The highest BCUT2D eigenvalue weighted by Gasteiger charge is 2.03. The zero-order chi connectivity index (χ0) is 10.4. The normalized spacial score (nSPS) is 16.3. The maximum absolute atomic E-state index is 2.27. The third kappa shape index (κ3) is 3.37. The highest BCUT2D eigenvalue weighted by atomic mass is 14.1. The molecule has 0 saturated carbocycles. The Hall–Kier alpha value is -1.04. The molecule has 1 rings (SSSR count). The van der Waals surface area contributed by atoms with Crippen LogP contribution < -0.4 is 0 Å². The zero-order valence-electron chi connectivity index (χ0n) is 9.46. The second kappa shape index (κ2) is 5.64. The van der Waals surface area contributed by atoms with Gasteiger partial charge >= 0.3 is 0 Å². The van der Waals surface area contributed by atoms with E-state index in [4.69, 9.17) is 0 Å². The van der Waals surface area contributed by atoms with Crippen LogP contribution in [0.25, 0.3) is 0 Å². The van der Waals surface area contributed by atoms with E-state index in [-0.39, 0.29) is 0 Å². The Morgan fingerprint density at radius 2 is 1.50 bits per heavy atom. The molecule has 0 unspecified atom stereocenters. The molecule has 0 nitrogen and oxygen atoms in total. The molecule has 14 heavy (non-hydrogen) atoms. The second-order valence-corrected chi connectivity index (χ2v) is 4.11. The summed E-state index contributed by atoms with van der Waals surface area (Å²) in [7, 11) is 0. The maximum Gasteiger partial charge on any atom is -0.0253 e. The molecule has 1 aliphatic carbocycles. The van der Waals surface area contributed by atoms with Gasteiger partial charge in [-0.05, 0) is 29.9 Å². The fourth-order valence-electron chi connectivity index (χ4n) is 1.67. The number of rotatable bonds is 3. The lowest BCUT2D eigenvalue weighted by atomic mass is 9.95. The molecule has 0 spiro atoms. The Morgan fingerprint density at radius 3 is 2.00 bits per heavy atom. The summed E-state index contributed by atoms with van der Waals surface area (Å²) in [5.74, 6) is 0.730. The van der Waals surface area contributed by atoms with Crippen molar-refractivity contribution >= 4 is 0 Å². The molecule has 0 N–H and O–H groups in total. The van der Waals surface area contributed by atoms with Crippen LogP contribution in [-0.2, 0) is 0 Å². The van der Waals surface area contributed by atoms with Crippen molar-refractivity contribution in [3.05, 3.63) is 47.6 Å².